The van der Waals surface area contributed by atoms with Gasteiger partial charge < -0.3 is 9.73 Å². The molecule has 0 aliphatic heterocycles. The predicted octanol–water partition coefficient (Wildman–Crippen LogP) is 3.49. The first-order valence-electron chi connectivity index (χ1n) is 6.08. The average molecular weight is 330 g/mol. The monoisotopic (exact) mass is 329 g/mol. The van der Waals surface area contributed by atoms with Gasteiger partial charge in [0.15, 0.2) is 15.4 Å². The molecule has 0 saturated heterocycles. The van der Waals surface area contributed by atoms with Gasteiger partial charge in [0.2, 0.25) is 0 Å². The minimum Gasteiger partial charge on any atom is -0.447 e. The van der Waals surface area contributed by atoms with Gasteiger partial charge in [-0.2, -0.15) is 0 Å². The second-order valence-electron chi connectivity index (χ2n) is 3.96. The number of rotatable bonds is 7. The lowest BCUT2D eigenvalue weighted by Crippen LogP contribution is -2.16. The van der Waals surface area contributed by atoms with E-state index < -0.39 is 0 Å². The zero-order valence-electron chi connectivity index (χ0n) is 10.3. The summed E-state index contributed by atoms with van der Waals surface area (Å²) in [6.07, 6.45) is 3.24. The lowest BCUT2D eigenvalue weighted by molar-refractivity contribution is 0.554. The van der Waals surface area contributed by atoms with Crippen LogP contribution in [0.3, 0.4) is 0 Å². The van der Waals surface area contributed by atoms with E-state index in [0.717, 1.165) is 46.4 Å². The Bertz CT molecular complexity index is 483. The molecular weight excluding hydrogens is 314 g/mol. The third-order valence-corrected chi connectivity index (χ3v) is 3.85. The Morgan fingerprint density at radius 1 is 1.33 bits per heavy atom. The van der Waals surface area contributed by atoms with E-state index in [9.17, 15) is 0 Å². The molecule has 0 spiro atoms. The Morgan fingerprint density at radius 3 is 2.94 bits per heavy atom. The van der Waals surface area contributed by atoms with Gasteiger partial charge in [0.1, 0.15) is 5.01 Å². The highest BCUT2D eigenvalue weighted by Crippen LogP contribution is 2.27. The van der Waals surface area contributed by atoms with Crippen LogP contribution in [0.15, 0.2) is 21.2 Å². The number of nitrogens with one attached hydrogen (secondary N) is 1. The molecule has 0 aliphatic rings. The maximum Gasteiger partial charge on any atom is 0.183 e. The van der Waals surface area contributed by atoms with Gasteiger partial charge in [-0.3, -0.25) is 0 Å². The highest BCUT2D eigenvalue weighted by molar-refractivity contribution is 9.10. The molecule has 0 radical (unpaired) electrons. The minimum absolute atomic E-state index is 0.720. The molecule has 2 rings (SSSR count). The summed E-state index contributed by atoms with van der Waals surface area (Å²) in [4.78, 5) is 0. The van der Waals surface area contributed by atoms with Crippen molar-refractivity contribution in [3.05, 3.63) is 21.8 Å². The summed E-state index contributed by atoms with van der Waals surface area (Å²) in [6, 6.07) is 3.77. The number of hydrogen-bond acceptors (Lipinski definition) is 5. The summed E-state index contributed by atoms with van der Waals surface area (Å²) in [5, 5.41) is 13.6. The van der Waals surface area contributed by atoms with Gasteiger partial charge in [0.05, 0.1) is 0 Å². The fourth-order valence-electron chi connectivity index (χ4n) is 1.55. The fourth-order valence-corrected chi connectivity index (χ4v) is 2.70. The first-order chi connectivity index (χ1) is 8.79. The van der Waals surface area contributed by atoms with Gasteiger partial charge in [0.25, 0.3) is 0 Å². The first-order valence-corrected chi connectivity index (χ1v) is 7.69. The van der Waals surface area contributed by atoms with Crippen LogP contribution in [0.2, 0.25) is 0 Å². The second kappa shape index (κ2) is 7.01. The molecule has 2 aromatic rings. The number of aryl methyl sites for hydroxylation is 1. The fraction of sp³-hybridized carbons (Fsp3) is 0.500. The quantitative estimate of drug-likeness (QED) is 0.790. The molecule has 98 valence electrons. The van der Waals surface area contributed by atoms with E-state index in [1.165, 1.54) is 6.42 Å². The number of nitrogens with zero attached hydrogens (tertiary/aromatic N) is 2. The molecule has 0 unspecified atom stereocenters. The zero-order chi connectivity index (χ0) is 12.8. The van der Waals surface area contributed by atoms with Crippen LogP contribution in [-0.4, -0.2) is 23.3 Å². The smallest absolute Gasteiger partial charge is 0.183 e. The summed E-state index contributed by atoms with van der Waals surface area (Å²) in [5.74, 6) is 0.773. The van der Waals surface area contributed by atoms with E-state index in [0.29, 0.717) is 0 Å². The van der Waals surface area contributed by atoms with E-state index >= 15 is 0 Å². The Kier molecular flexibility index (Phi) is 5.34. The van der Waals surface area contributed by atoms with Crippen LogP contribution in [-0.2, 0) is 6.42 Å². The summed E-state index contributed by atoms with van der Waals surface area (Å²) in [7, 11) is 0. The summed E-state index contributed by atoms with van der Waals surface area (Å²) >= 11 is 4.88. The maximum atomic E-state index is 5.45. The highest BCUT2D eigenvalue weighted by atomic mass is 79.9. The van der Waals surface area contributed by atoms with Crippen molar-refractivity contribution < 1.29 is 4.42 Å². The van der Waals surface area contributed by atoms with E-state index in [1.54, 1.807) is 11.3 Å². The average Bonchev–Trinajstić information content (AvgIpc) is 2.97. The van der Waals surface area contributed by atoms with E-state index in [2.05, 4.69) is 38.4 Å². The van der Waals surface area contributed by atoms with Crippen molar-refractivity contribution in [1.82, 2.24) is 15.5 Å². The van der Waals surface area contributed by atoms with Crippen molar-refractivity contribution in [2.75, 3.05) is 13.1 Å². The maximum absolute atomic E-state index is 5.45. The lowest BCUT2D eigenvalue weighted by atomic mass is 10.3. The molecule has 0 saturated carbocycles. The van der Waals surface area contributed by atoms with Crippen LogP contribution in [0.1, 0.15) is 24.8 Å². The molecule has 0 atom stereocenters. The molecule has 0 aliphatic carbocycles. The topological polar surface area (TPSA) is 51.0 Å². The number of halogens is 1. The van der Waals surface area contributed by atoms with Crippen molar-refractivity contribution in [3.63, 3.8) is 0 Å². The standard InChI is InChI=1S/C12H16BrN3OS/c1-2-7-14-8-3-4-11-15-16-12(18-11)9-5-6-10(13)17-9/h5-6,14H,2-4,7-8H2,1H3. The molecular formula is C12H16BrN3OS. The molecule has 6 heteroatoms. The molecule has 18 heavy (non-hydrogen) atoms. The molecule has 0 fully saturated rings. The van der Waals surface area contributed by atoms with Gasteiger partial charge in [-0.25, -0.2) is 0 Å². The van der Waals surface area contributed by atoms with Crippen LogP contribution < -0.4 is 5.32 Å². The van der Waals surface area contributed by atoms with Crippen LogP contribution in [0.25, 0.3) is 10.8 Å². The van der Waals surface area contributed by atoms with Crippen molar-refractivity contribution >= 4 is 27.3 Å². The Balaban J connectivity index is 1.83. The third kappa shape index (κ3) is 3.90. The predicted molar refractivity (Wildman–Crippen MR) is 76.8 cm³/mol. The molecule has 2 heterocycles. The van der Waals surface area contributed by atoms with E-state index in [4.69, 9.17) is 4.42 Å². The van der Waals surface area contributed by atoms with Crippen LogP contribution >= 0.6 is 27.3 Å². The van der Waals surface area contributed by atoms with Crippen LogP contribution in [0.5, 0.6) is 0 Å². The van der Waals surface area contributed by atoms with Crippen LogP contribution in [0.4, 0.5) is 0 Å². The molecule has 4 nitrogen and oxygen atoms in total. The Labute approximate surface area is 119 Å². The molecule has 0 bridgehead atoms. The minimum atomic E-state index is 0.720. The van der Waals surface area contributed by atoms with Crippen molar-refractivity contribution in [1.29, 1.82) is 0 Å². The Morgan fingerprint density at radius 2 is 2.22 bits per heavy atom. The lowest BCUT2D eigenvalue weighted by Gasteiger charge is -1.99. The summed E-state index contributed by atoms with van der Waals surface area (Å²) in [6.45, 7) is 4.29. The number of furan rings is 1. The molecule has 0 aromatic carbocycles. The number of aromatic nitrogens is 2. The van der Waals surface area contributed by atoms with E-state index in [-0.39, 0.29) is 0 Å². The highest BCUT2D eigenvalue weighted by Gasteiger charge is 2.09. The van der Waals surface area contributed by atoms with Crippen molar-refractivity contribution in [2.45, 2.75) is 26.2 Å². The normalized spacial score (nSPS) is 11.0. The largest absolute Gasteiger partial charge is 0.447 e. The van der Waals surface area contributed by atoms with Gasteiger partial charge in [-0.05, 0) is 54.0 Å². The van der Waals surface area contributed by atoms with Gasteiger partial charge >= 0.3 is 0 Å². The van der Waals surface area contributed by atoms with Gasteiger partial charge in [-0.15, -0.1) is 10.2 Å². The second-order valence-corrected chi connectivity index (χ2v) is 5.80. The summed E-state index contributed by atoms with van der Waals surface area (Å²) < 4.78 is 6.17. The number of hydrogen-bond donors (Lipinski definition) is 1. The van der Waals surface area contributed by atoms with E-state index in [1.807, 2.05) is 12.1 Å². The molecule has 2 aromatic heterocycles. The summed E-state index contributed by atoms with van der Waals surface area (Å²) in [5.41, 5.74) is 0. The van der Waals surface area contributed by atoms with Gasteiger partial charge in [0, 0.05) is 6.42 Å². The third-order valence-electron chi connectivity index (χ3n) is 2.42. The molecule has 0 amide bonds. The zero-order valence-corrected chi connectivity index (χ0v) is 12.7. The Hall–Kier alpha value is -0.720. The molecule has 1 N–H and O–H groups in total. The van der Waals surface area contributed by atoms with Crippen molar-refractivity contribution in [3.8, 4) is 10.8 Å². The van der Waals surface area contributed by atoms with Crippen LogP contribution in [0, 0.1) is 0 Å². The SMILES string of the molecule is CCCNCCCc1nnc(-c2ccc(Br)o2)s1. The van der Waals surface area contributed by atoms with Crippen molar-refractivity contribution in [2.24, 2.45) is 0 Å². The van der Waals surface area contributed by atoms with Gasteiger partial charge in [-0.1, -0.05) is 18.3 Å². The first kappa shape index (κ1) is 13.7.